The molecular weight excluding hydrogens is 304 g/mol. The van der Waals surface area contributed by atoms with Crippen molar-refractivity contribution in [2.24, 2.45) is 0 Å². The molecule has 0 saturated carbocycles. The van der Waals surface area contributed by atoms with E-state index in [-0.39, 0.29) is 0 Å². The van der Waals surface area contributed by atoms with Gasteiger partial charge in [0.15, 0.2) is 0 Å². The fourth-order valence-electron chi connectivity index (χ4n) is 2.08. The average Bonchev–Trinajstić information content (AvgIpc) is 2.64. The number of ether oxygens (including phenoxy) is 2. The first-order valence-electron chi connectivity index (χ1n) is 7.63. The van der Waals surface area contributed by atoms with Crippen LogP contribution in [0.2, 0.25) is 0 Å². The Morgan fingerprint density at radius 3 is 1.29 bits per heavy atom. The van der Waals surface area contributed by atoms with Crippen LogP contribution < -0.4 is 9.47 Å². The van der Waals surface area contributed by atoms with Gasteiger partial charge >= 0.3 is 0 Å². The fourth-order valence-corrected chi connectivity index (χ4v) is 2.08. The third-order valence-corrected chi connectivity index (χ3v) is 3.55. The zero-order valence-electron chi connectivity index (χ0n) is 13.8. The van der Waals surface area contributed by atoms with Crippen molar-refractivity contribution in [1.82, 2.24) is 0 Å². The van der Waals surface area contributed by atoms with Crippen molar-refractivity contribution in [3.63, 3.8) is 0 Å². The zero-order chi connectivity index (χ0) is 17.4. The third kappa shape index (κ3) is 5.26. The number of benzene rings is 2. The molecule has 0 aromatic heterocycles. The van der Waals surface area contributed by atoms with Gasteiger partial charge in [0, 0.05) is 0 Å². The van der Waals surface area contributed by atoms with Gasteiger partial charge in [-0.3, -0.25) is 0 Å². The van der Waals surface area contributed by atoms with Gasteiger partial charge in [0.2, 0.25) is 0 Å². The summed E-state index contributed by atoms with van der Waals surface area (Å²) in [6, 6.07) is 14.9. The van der Waals surface area contributed by atoms with Gasteiger partial charge < -0.3 is 19.7 Å². The monoisotopic (exact) mass is 326 g/mol. The Morgan fingerprint density at radius 2 is 1.00 bits per heavy atom. The van der Waals surface area contributed by atoms with Crippen molar-refractivity contribution >= 4 is 12.2 Å². The minimum atomic E-state index is -0.985. The molecule has 2 atom stereocenters. The summed E-state index contributed by atoms with van der Waals surface area (Å²) in [6.45, 7) is 0. The summed E-state index contributed by atoms with van der Waals surface area (Å²) < 4.78 is 10.2. The summed E-state index contributed by atoms with van der Waals surface area (Å²) >= 11 is 0. The van der Waals surface area contributed by atoms with E-state index in [1.807, 2.05) is 48.5 Å². The number of hydrogen-bond donors (Lipinski definition) is 2. The van der Waals surface area contributed by atoms with Crippen molar-refractivity contribution in [2.75, 3.05) is 14.2 Å². The molecule has 0 amide bonds. The van der Waals surface area contributed by atoms with E-state index >= 15 is 0 Å². The van der Waals surface area contributed by atoms with Gasteiger partial charge in [0.1, 0.15) is 23.7 Å². The van der Waals surface area contributed by atoms with E-state index in [9.17, 15) is 10.2 Å². The lowest BCUT2D eigenvalue weighted by atomic mass is 10.1. The van der Waals surface area contributed by atoms with Crippen LogP contribution in [0.1, 0.15) is 11.1 Å². The molecule has 2 N–H and O–H groups in total. The lowest BCUT2D eigenvalue weighted by molar-refractivity contribution is 0.0818. The molecule has 4 nitrogen and oxygen atoms in total. The highest BCUT2D eigenvalue weighted by molar-refractivity contribution is 5.53. The van der Waals surface area contributed by atoms with E-state index in [1.165, 1.54) is 0 Å². The largest absolute Gasteiger partial charge is 0.497 e. The second kappa shape index (κ2) is 8.91. The molecule has 2 aromatic rings. The topological polar surface area (TPSA) is 58.9 Å². The van der Waals surface area contributed by atoms with Gasteiger partial charge in [-0.25, -0.2) is 0 Å². The van der Waals surface area contributed by atoms with E-state index in [0.717, 1.165) is 22.6 Å². The van der Waals surface area contributed by atoms with Crippen LogP contribution in [0.5, 0.6) is 11.5 Å². The number of aliphatic hydroxyl groups excluding tert-OH is 2. The highest BCUT2D eigenvalue weighted by Crippen LogP contribution is 2.14. The summed E-state index contributed by atoms with van der Waals surface area (Å²) in [7, 11) is 3.22. The lowest BCUT2D eigenvalue weighted by Crippen LogP contribution is -2.20. The number of rotatable bonds is 7. The van der Waals surface area contributed by atoms with Crippen molar-refractivity contribution in [3.05, 3.63) is 71.8 Å². The Labute approximate surface area is 142 Å². The maximum Gasteiger partial charge on any atom is 0.118 e. The first-order valence-corrected chi connectivity index (χ1v) is 7.63. The normalized spacial score (nSPS) is 14.0. The van der Waals surface area contributed by atoms with Gasteiger partial charge in [-0.15, -0.1) is 0 Å². The summed E-state index contributed by atoms with van der Waals surface area (Å²) in [5, 5.41) is 20.0. The van der Waals surface area contributed by atoms with Crippen molar-refractivity contribution in [2.45, 2.75) is 12.2 Å². The van der Waals surface area contributed by atoms with Crippen LogP contribution in [0.4, 0.5) is 0 Å². The van der Waals surface area contributed by atoms with Crippen LogP contribution in [0.25, 0.3) is 12.2 Å². The Morgan fingerprint density at radius 1 is 0.667 bits per heavy atom. The predicted octanol–water partition coefficient (Wildman–Crippen LogP) is 3.15. The molecular formula is C20H22O4. The third-order valence-electron chi connectivity index (χ3n) is 3.55. The quantitative estimate of drug-likeness (QED) is 0.820. The maximum atomic E-state index is 10.0. The molecule has 0 heterocycles. The highest BCUT2D eigenvalue weighted by Gasteiger charge is 2.09. The SMILES string of the molecule is COc1ccc(/C=C/C(O)C(O)/C=C/c2ccc(OC)cc2)cc1. The Balaban J connectivity index is 1.93. The van der Waals surface area contributed by atoms with E-state index < -0.39 is 12.2 Å². The van der Waals surface area contributed by atoms with Crippen LogP contribution in [0.3, 0.4) is 0 Å². The molecule has 0 saturated heterocycles. The molecule has 24 heavy (non-hydrogen) atoms. The summed E-state index contributed by atoms with van der Waals surface area (Å²) in [4.78, 5) is 0. The van der Waals surface area contributed by atoms with Crippen molar-refractivity contribution in [3.8, 4) is 11.5 Å². The molecule has 0 fully saturated rings. The fraction of sp³-hybridized carbons (Fsp3) is 0.200. The summed E-state index contributed by atoms with van der Waals surface area (Å²) in [5.41, 5.74) is 1.84. The lowest BCUT2D eigenvalue weighted by Gasteiger charge is -2.10. The Bertz CT molecular complexity index is 610. The predicted molar refractivity (Wildman–Crippen MR) is 96.1 cm³/mol. The number of methoxy groups -OCH3 is 2. The standard InChI is InChI=1S/C20H22O4/c1-23-17-9-3-15(4-10-17)7-13-19(21)20(22)14-8-16-5-11-18(24-2)12-6-16/h3-14,19-22H,1-2H3/b13-7+,14-8+. The zero-order valence-corrected chi connectivity index (χ0v) is 13.8. The molecule has 0 aliphatic heterocycles. The Kier molecular flexibility index (Phi) is 6.61. The van der Waals surface area contributed by atoms with Crippen LogP contribution in [0.15, 0.2) is 60.7 Å². The molecule has 2 unspecified atom stereocenters. The smallest absolute Gasteiger partial charge is 0.118 e. The first kappa shape index (κ1) is 17.8. The number of aliphatic hydroxyl groups is 2. The van der Waals surface area contributed by atoms with E-state index in [0.29, 0.717) is 0 Å². The van der Waals surface area contributed by atoms with Gasteiger partial charge in [-0.1, -0.05) is 48.6 Å². The van der Waals surface area contributed by atoms with Gasteiger partial charge in [-0.2, -0.15) is 0 Å². The van der Waals surface area contributed by atoms with E-state index in [4.69, 9.17) is 9.47 Å². The second-order valence-electron chi connectivity index (χ2n) is 5.25. The highest BCUT2D eigenvalue weighted by atomic mass is 16.5. The summed E-state index contributed by atoms with van der Waals surface area (Å²) in [5.74, 6) is 1.55. The number of hydrogen-bond acceptors (Lipinski definition) is 4. The van der Waals surface area contributed by atoms with Gasteiger partial charge in [0.25, 0.3) is 0 Å². The van der Waals surface area contributed by atoms with Crippen molar-refractivity contribution in [1.29, 1.82) is 0 Å². The van der Waals surface area contributed by atoms with Gasteiger partial charge in [0.05, 0.1) is 14.2 Å². The second-order valence-corrected chi connectivity index (χ2v) is 5.25. The average molecular weight is 326 g/mol. The van der Waals surface area contributed by atoms with Crippen LogP contribution in [-0.2, 0) is 0 Å². The minimum absolute atomic E-state index is 0.773. The molecule has 2 aromatic carbocycles. The van der Waals surface area contributed by atoms with Crippen LogP contribution in [0, 0.1) is 0 Å². The van der Waals surface area contributed by atoms with Gasteiger partial charge in [-0.05, 0) is 35.4 Å². The van der Waals surface area contributed by atoms with Crippen molar-refractivity contribution < 1.29 is 19.7 Å². The molecule has 0 aliphatic rings. The molecule has 0 radical (unpaired) electrons. The maximum absolute atomic E-state index is 10.0. The Hall–Kier alpha value is -2.56. The van der Waals surface area contributed by atoms with E-state index in [1.54, 1.807) is 38.5 Å². The molecule has 126 valence electrons. The van der Waals surface area contributed by atoms with Crippen LogP contribution in [-0.4, -0.2) is 36.6 Å². The molecule has 0 bridgehead atoms. The van der Waals surface area contributed by atoms with Crippen LogP contribution >= 0.6 is 0 Å². The van der Waals surface area contributed by atoms with E-state index in [2.05, 4.69) is 0 Å². The molecule has 2 rings (SSSR count). The molecule has 0 aliphatic carbocycles. The molecule has 0 spiro atoms. The summed E-state index contributed by atoms with van der Waals surface area (Å²) in [6.07, 6.45) is 4.67. The molecule has 4 heteroatoms. The minimum Gasteiger partial charge on any atom is -0.497 e. The first-order chi connectivity index (χ1) is 11.6.